The molecule has 0 saturated heterocycles. The Balaban J connectivity index is 1.56. The van der Waals surface area contributed by atoms with Gasteiger partial charge in [0.05, 0.1) is 26.4 Å². The van der Waals surface area contributed by atoms with Crippen molar-refractivity contribution in [3.63, 3.8) is 0 Å². The Hall–Kier alpha value is -4.99. The Morgan fingerprint density at radius 2 is 1.70 bits per heavy atom. The fourth-order valence-corrected chi connectivity index (χ4v) is 4.65. The minimum atomic E-state index is -0.648. The summed E-state index contributed by atoms with van der Waals surface area (Å²) in [5, 5.41) is 7.97. The molecule has 1 amide bonds. The topological polar surface area (TPSA) is 123 Å². The van der Waals surface area contributed by atoms with Crippen molar-refractivity contribution in [1.82, 2.24) is 14.8 Å². The van der Waals surface area contributed by atoms with Crippen molar-refractivity contribution < 1.29 is 23.7 Å². The zero-order valence-electron chi connectivity index (χ0n) is 22.8. The molecule has 206 valence electrons. The van der Waals surface area contributed by atoms with Gasteiger partial charge in [0.2, 0.25) is 11.9 Å². The van der Waals surface area contributed by atoms with E-state index in [1.54, 1.807) is 31.9 Å². The predicted octanol–water partition coefficient (Wildman–Crippen LogP) is 4.71. The summed E-state index contributed by atoms with van der Waals surface area (Å²) in [6.45, 7) is 4.52. The standard InChI is InChI=1S/C30H31N5O5/c1-5-39-25-15-20(11-12-24(25)40-17-19-9-7-6-8-10-19)27-26(28(31)36)18(2)32-30-33-29(34-35(27)30)21-13-22(37-3)16-23(14-21)38-4/h6-16,27H,5,17H2,1-4H3,(H2,31,36)(H,32,33,34). The third kappa shape index (κ3) is 5.28. The van der Waals surface area contributed by atoms with Gasteiger partial charge in [-0.15, -0.1) is 5.10 Å². The van der Waals surface area contributed by atoms with Crippen molar-refractivity contribution in [2.75, 3.05) is 26.1 Å². The fraction of sp³-hybridized carbons (Fsp3) is 0.233. The number of nitrogens with one attached hydrogen (secondary N) is 1. The van der Waals surface area contributed by atoms with Crippen LogP contribution in [-0.2, 0) is 11.4 Å². The number of carbonyl (C=O) groups excluding carboxylic acids is 1. The highest BCUT2D eigenvalue weighted by molar-refractivity contribution is 5.95. The van der Waals surface area contributed by atoms with Crippen LogP contribution >= 0.6 is 0 Å². The van der Waals surface area contributed by atoms with Crippen molar-refractivity contribution in [2.24, 2.45) is 5.73 Å². The smallest absolute Gasteiger partial charge is 0.248 e. The molecular weight excluding hydrogens is 510 g/mol. The Morgan fingerprint density at radius 1 is 0.975 bits per heavy atom. The van der Waals surface area contributed by atoms with Gasteiger partial charge in [-0.3, -0.25) is 4.79 Å². The molecule has 1 atom stereocenters. The molecule has 3 aromatic carbocycles. The Morgan fingerprint density at radius 3 is 2.35 bits per heavy atom. The lowest BCUT2D eigenvalue weighted by atomic mass is 9.95. The summed E-state index contributed by atoms with van der Waals surface area (Å²) >= 11 is 0. The summed E-state index contributed by atoms with van der Waals surface area (Å²) in [7, 11) is 3.16. The predicted molar refractivity (Wildman–Crippen MR) is 151 cm³/mol. The second-order valence-corrected chi connectivity index (χ2v) is 9.15. The first kappa shape index (κ1) is 26.6. The molecule has 10 nitrogen and oxygen atoms in total. The van der Waals surface area contributed by atoms with E-state index >= 15 is 0 Å². The number of methoxy groups -OCH3 is 2. The highest BCUT2D eigenvalue weighted by Gasteiger charge is 2.34. The first-order valence-electron chi connectivity index (χ1n) is 12.8. The molecule has 0 fully saturated rings. The zero-order valence-corrected chi connectivity index (χ0v) is 22.8. The molecule has 40 heavy (non-hydrogen) atoms. The molecule has 0 aliphatic carbocycles. The average Bonchev–Trinajstić information content (AvgIpc) is 3.39. The van der Waals surface area contributed by atoms with E-state index in [4.69, 9.17) is 34.8 Å². The van der Waals surface area contributed by atoms with Crippen LogP contribution in [0.2, 0.25) is 0 Å². The van der Waals surface area contributed by atoms with Gasteiger partial charge >= 0.3 is 0 Å². The maximum absolute atomic E-state index is 12.7. The summed E-state index contributed by atoms with van der Waals surface area (Å²) in [5.74, 6) is 2.67. The van der Waals surface area contributed by atoms with Crippen LogP contribution in [0.5, 0.6) is 23.0 Å². The number of benzene rings is 3. The van der Waals surface area contributed by atoms with E-state index in [1.165, 1.54) is 0 Å². The van der Waals surface area contributed by atoms with Crippen LogP contribution in [0.4, 0.5) is 5.95 Å². The number of hydrogen-bond acceptors (Lipinski definition) is 8. The molecule has 0 bridgehead atoms. The number of anilines is 1. The molecule has 4 aromatic rings. The molecule has 1 aromatic heterocycles. The monoisotopic (exact) mass is 541 g/mol. The SMILES string of the molecule is CCOc1cc(C2C(C(N)=O)=C(C)Nc3nc(-c4cc(OC)cc(OC)c4)nn32)ccc1OCc1ccccc1. The van der Waals surface area contributed by atoms with E-state index in [9.17, 15) is 4.79 Å². The van der Waals surface area contributed by atoms with E-state index in [2.05, 4.69) is 5.32 Å². The number of ether oxygens (including phenoxy) is 4. The second kappa shape index (κ2) is 11.4. The van der Waals surface area contributed by atoms with E-state index in [1.807, 2.05) is 67.6 Å². The van der Waals surface area contributed by atoms with Gasteiger partial charge in [-0.05, 0) is 49.2 Å². The maximum Gasteiger partial charge on any atom is 0.248 e. The number of rotatable bonds is 10. The van der Waals surface area contributed by atoms with Crippen LogP contribution in [0.15, 0.2) is 78.0 Å². The van der Waals surface area contributed by atoms with E-state index in [0.717, 1.165) is 11.1 Å². The van der Waals surface area contributed by atoms with Crippen LogP contribution in [0.25, 0.3) is 11.4 Å². The number of aromatic nitrogens is 3. The van der Waals surface area contributed by atoms with Gasteiger partial charge in [-0.1, -0.05) is 36.4 Å². The van der Waals surface area contributed by atoms with Crippen LogP contribution in [-0.4, -0.2) is 41.5 Å². The van der Waals surface area contributed by atoms with Crippen molar-refractivity contribution >= 4 is 11.9 Å². The van der Waals surface area contributed by atoms with E-state index in [-0.39, 0.29) is 0 Å². The van der Waals surface area contributed by atoms with Crippen LogP contribution in [0, 0.1) is 0 Å². The maximum atomic E-state index is 12.7. The van der Waals surface area contributed by atoms with Crippen LogP contribution < -0.4 is 30.0 Å². The average molecular weight is 542 g/mol. The Kier molecular flexibility index (Phi) is 7.59. The Bertz CT molecular complexity index is 1540. The van der Waals surface area contributed by atoms with Crippen molar-refractivity contribution in [3.8, 4) is 34.4 Å². The van der Waals surface area contributed by atoms with Gasteiger partial charge in [-0.25, -0.2) is 4.68 Å². The third-order valence-corrected chi connectivity index (χ3v) is 6.55. The normalized spacial score (nSPS) is 14.2. The highest BCUT2D eigenvalue weighted by atomic mass is 16.5. The number of hydrogen-bond donors (Lipinski definition) is 2. The molecule has 0 saturated carbocycles. The molecule has 0 radical (unpaired) electrons. The molecule has 5 rings (SSSR count). The highest BCUT2D eigenvalue weighted by Crippen LogP contribution is 2.40. The van der Waals surface area contributed by atoms with E-state index < -0.39 is 11.9 Å². The number of fused-ring (bicyclic) bond motifs is 1. The first-order valence-corrected chi connectivity index (χ1v) is 12.8. The summed E-state index contributed by atoms with van der Waals surface area (Å²) < 4.78 is 24.5. The minimum absolute atomic E-state index is 0.368. The van der Waals surface area contributed by atoms with Crippen molar-refractivity contribution in [1.29, 1.82) is 0 Å². The van der Waals surface area contributed by atoms with Crippen LogP contribution in [0.1, 0.15) is 31.0 Å². The number of nitrogens with zero attached hydrogens (tertiary/aromatic N) is 3. The fourth-order valence-electron chi connectivity index (χ4n) is 4.65. The van der Waals surface area contributed by atoms with E-state index in [0.29, 0.717) is 64.8 Å². The van der Waals surface area contributed by atoms with Gasteiger partial charge in [0.15, 0.2) is 17.3 Å². The quantitative estimate of drug-likeness (QED) is 0.296. The second-order valence-electron chi connectivity index (χ2n) is 9.15. The summed E-state index contributed by atoms with van der Waals surface area (Å²) in [6, 6.07) is 20.2. The molecule has 0 spiro atoms. The summed E-state index contributed by atoms with van der Waals surface area (Å²) in [6.07, 6.45) is 0. The largest absolute Gasteiger partial charge is 0.497 e. The van der Waals surface area contributed by atoms with Gasteiger partial charge in [0.1, 0.15) is 24.1 Å². The van der Waals surface area contributed by atoms with Gasteiger partial charge < -0.3 is 30.0 Å². The molecular formula is C30H31N5O5. The minimum Gasteiger partial charge on any atom is -0.497 e. The van der Waals surface area contributed by atoms with Gasteiger partial charge in [0, 0.05) is 17.3 Å². The number of nitrogens with two attached hydrogens (primary N) is 1. The lowest BCUT2D eigenvalue weighted by Crippen LogP contribution is -2.31. The van der Waals surface area contributed by atoms with Gasteiger partial charge in [0.25, 0.3) is 0 Å². The van der Waals surface area contributed by atoms with Crippen LogP contribution in [0.3, 0.4) is 0 Å². The third-order valence-electron chi connectivity index (χ3n) is 6.55. The first-order chi connectivity index (χ1) is 19.4. The molecule has 1 aliphatic rings. The summed E-state index contributed by atoms with van der Waals surface area (Å²) in [5.41, 5.74) is 9.32. The number of primary amides is 1. The Labute approximate surface area is 232 Å². The zero-order chi connectivity index (χ0) is 28.2. The number of allylic oxidation sites excluding steroid dienone is 1. The van der Waals surface area contributed by atoms with Crippen molar-refractivity contribution in [3.05, 3.63) is 89.1 Å². The van der Waals surface area contributed by atoms with Gasteiger partial charge in [-0.2, -0.15) is 4.98 Å². The molecule has 1 aliphatic heterocycles. The molecule has 1 unspecified atom stereocenters. The lowest BCUT2D eigenvalue weighted by Gasteiger charge is -2.28. The van der Waals surface area contributed by atoms with Crippen molar-refractivity contribution in [2.45, 2.75) is 26.5 Å². The molecule has 10 heteroatoms. The summed E-state index contributed by atoms with van der Waals surface area (Å²) in [4.78, 5) is 17.4. The number of amides is 1. The lowest BCUT2D eigenvalue weighted by molar-refractivity contribution is -0.115. The number of carbonyl (C=O) groups is 1. The molecule has 3 N–H and O–H groups in total. The molecule has 2 heterocycles.